The first kappa shape index (κ1) is 16.1. The van der Waals surface area contributed by atoms with Gasteiger partial charge in [0.15, 0.2) is 0 Å². The van der Waals surface area contributed by atoms with Gasteiger partial charge in [-0.15, -0.1) is 22.7 Å². The maximum atomic E-state index is 13.0. The molecular weight excluding hydrogens is 355 g/mol. The first-order valence-corrected chi connectivity index (χ1v) is 8.85. The number of hydrogen-bond donors (Lipinski definition) is 1. The van der Waals surface area contributed by atoms with Crippen LogP contribution >= 0.6 is 34.3 Å². The summed E-state index contributed by atoms with van der Waals surface area (Å²) in [5.41, 5.74) is 1.22. The Morgan fingerprint density at radius 1 is 1.35 bits per heavy atom. The molecule has 0 spiro atoms. The molecule has 0 atom stereocenters. The van der Waals surface area contributed by atoms with Crippen molar-refractivity contribution in [3.63, 3.8) is 0 Å². The second kappa shape index (κ2) is 6.78. The quantitative estimate of drug-likeness (QED) is 0.713. The van der Waals surface area contributed by atoms with Crippen LogP contribution in [0.25, 0.3) is 10.6 Å². The summed E-state index contributed by atoms with van der Waals surface area (Å²) in [6.07, 6.45) is 0. The lowest BCUT2D eigenvalue weighted by atomic mass is 10.2. The second-order valence-electron chi connectivity index (χ2n) is 4.82. The Hall–Kier alpha value is -1.76. The number of thiophene rings is 1. The highest BCUT2D eigenvalue weighted by atomic mass is 35.5. The van der Waals surface area contributed by atoms with Gasteiger partial charge in [-0.1, -0.05) is 11.6 Å². The molecule has 1 N–H and O–H groups in total. The molecule has 1 amide bonds. The van der Waals surface area contributed by atoms with Crippen LogP contribution < -0.4 is 5.32 Å². The van der Waals surface area contributed by atoms with Crippen molar-refractivity contribution < 1.29 is 9.18 Å². The molecule has 3 aromatic rings. The Kier molecular flexibility index (Phi) is 4.75. The van der Waals surface area contributed by atoms with Crippen LogP contribution in [0.4, 0.5) is 4.39 Å². The second-order valence-corrected chi connectivity index (χ2v) is 7.46. The van der Waals surface area contributed by atoms with Crippen LogP contribution in [0, 0.1) is 12.7 Å². The molecule has 1 aromatic carbocycles. The van der Waals surface area contributed by atoms with Gasteiger partial charge in [-0.3, -0.25) is 4.79 Å². The number of benzene rings is 1. The molecule has 0 aliphatic heterocycles. The highest BCUT2D eigenvalue weighted by Crippen LogP contribution is 2.29. The summed E-state index contributed by atoms with van der Waals surface area (Å²) < 4.78 is 13.0. The number of aromatic nitrogens is 1. The van der Waals surface area contributed by atoms with Gasteiger partial charge in [-0.25, -0.2) is 9.37 Å². The number of halogens is 2. The lowest BCUT2D eigenvalue weighted by Gasteiger charge is -2.05. The maximum absolute atomic E-state index is 13.0. The smallest absolute Gasteiger partial charge is 0.253 e. The van der Waals surface area contributed by atoms with E-state index in [2.05, 4.69) is 10.3 Å². The van der Waals surface area contributed by atoms with Crippen molar-refractivity contribution in [2.24, 2.45) is 0 Å². The molecule has 3 rings (SSSR count). The summed E-state index contributed by atoms with van der Waals surface area (Å²) in [6, 6.07) is 7.68. The van der Waals surface area contributed by atoms with Crippen molar-refractivity contribution in [3.05, 3.63) is 62.0 Å². The van der Waals surface area contributed by atoms with Crippen LogP contribution in [-0.4, -0.2) is 10.9 Å². The molecule has 7 heteroatoms. The van der Waals surface area contributed by atoms with Crippen LogP contribution in [0.5, 0.6) is 0 Å². The third kappa shape index (κ3) is 3.77. The van der Waals surface area contributed by atoms with Gasteiger partial charge >= 0.3 is 0 Å². The first-order valence-electron chi connectivity index (χ1n) is 6.77. The van der Waals surface area contributed by atoms with Crippen LogP contribution in [0.15, 0.2) is 35.7 Å². The molecule has 0 saturated heterocycles. The minimum absolute atomic E-state index is 0.104. The van der Waals surface area contributed by atoms with Crippen molar-refractivity contribution in [1.82, 2.24) is 10.3 Å². The van der Waals surface area contributed by atoms with E-state index in [0.717, 1.165) is 26.5 Å². The van der Waals surface area contributed by atoms with Gasteiger partial charge in [0.25, 0.3) is 5.91 Å². The normalized spacial score (nSPS) is 10.7. The van der Waals surface area contributed by atoms with E-state index in [-0.39, 0.29) is 16.5 Å². The van der Waals surface area contributed by atoms with E-state index in [4.69, 9.17) is 11.6 Å². The van der Waals surface area contributed by atoms with Gasteiger partial charge < -0.3 is 5.32 Å². The Morgan fingerprint density at radius 3 is 2.87 bits per heavy atom. The van der Waals surface area contributed by atoms with Crippen molar-refractivity contribution in [2.75, 3.05) is 0 Å². The molecule has 0 aliphatic rings. The molecule has 0 fully saturated rings. The highest BCUT2D eigenvalue weighted by Gasteiger charge is 2.12. The van der Waals surface area contributed by atoms with E-state index in [1.165, 1.54) is 12.1 Å². The van der Waals surface area contributed by atoms with E-state index in [1.807, 2.05) is 24.4 Å². The van der Waals surface area contributed by atoms with E-state index in [9.17, 15) is 9.18 Å². The fourth-order valence-corrected chi connectivity index (χ4v) is 3.87. The average Bonchev–Trinajstić information content (AvgIpc) is 3.13. The van der Waals surface area contributed by atoms with Gasteiger partial charge in [-0.05, 0) is 37.3 Å². The summed E-state index contributed by atoms with van der Waals surface area (Å²) in [7, 11) is 0. The maximum Gasteiger partial charge on any atom is 0.253 e. The number of rotatable bonds is 4. The molecule has 2 aromatic heterocycles. The molecule has 23 heavy (non-hydrogen) atoms. The van der Waals surface area contributed by atoms with Crippen molar-refractivity contribution in [1.29, 1.82) is 0 Å². The fraction of sp³-hybridized carbons (Fsp3) is 0.125. The fourth-order valence-electron chi connectivity index (χ4n) is 2.02. The van der Waals surface area contributed by atoms with E-state index in [0.29, 0.717) is 6.54 Å². The molecule has 0 aliphatic carbocycles. The number of nitrogens with one attached hydrogen (secondary N) is 1. The zero-order valence-electron chi connectivity index (χ0n) is 12.1. The monoisotopic (exact) mass is 366 g/mol. The van der Waals surface area contributed by atoms with Gasteiger partial charge in [0.2, 0.25) is 0 Å². The number of carbonyl (C=O) groups excluding carboxylic acids is 1. The number of amides is 1. The third-order valence-electron chi connectivity index (χ3n) is 3.13. The van der Waals surface area contributed by atoms with Crippen LogP contribution in [0.3, 0.4) is 0 Å². The summed E-state index contributed by atoms with van der Waals surface area (Å²) in [4.78, 5) is 18.6. The predicted molar refractivity (Wildman–Crippen MR) is 92.7 cm³/mol. The van der Waals surface area contributed by atoms with Crippen molar-refractivity contribution in [2.45, 2.75) is 13.5 Å². The Balaban J connectivity index is 1.66. The summed E-state index contributed by atoms with van der Waals surface area (Å²) in [5, 5.41) is 5.93. The molecule has 0 saturated carbocycles. The number of hydrogen-bond acceptors (Lipinski definition) is 4. The average molecular weight is 367 g/mol. The largest absolute Gasteiger partial charge is 0.347 e. The summed E-state index contributed by atoms with van der Waals surface area (Å²) in [6.45, 7) is 2.36. The van der Waals surface area contributed by atoms with Crippen LogP contribution in [0.2, 0.25) is 5.02 Å². The Morgan fingerprint density at radius 2 is 2.17 bits per heavy atom. The highest BCUT2D eigenvalue weighted by molar-refractivity contribution is 7.16. The number of aryl methyl sites for hydroxylation is 1. The lowest BCUT2D eigenvalue weighted by Crippen LogP contribution is -2.22. The van der Waals surface area contributed by atoms with Gasteiger partial charge in [0.1, 0.15) is 5.82 Å². The standard InChI is InChI=1S/C16H12ClFN2OS2/c1-9-20-14(8-22-9)15-5-3-11(23-15)7-19-16(21)12-4-2-10(18)6-13(12)17/h2-6,8H,7H2,1H3,(H,19,21). The number of carbonyl (C=O) groups is 1. The van der Waals surface area contributed by atoms with E-state index < -0.39 is 5.82 Å². The topological polar surface area (TPSA) is 42.0 Å². The first-order chi connectivity index (χ1) is 11.0. The zero-order chi connectivity index (χ0) is 16.4. The minimum atomic E-state index is -0.465. The van der Waals surface area contributed by atoms with Gasteiger partial charge in [0, 0.05) is 10.3 Å². The van der Waals surface area contributed by atoms with Gasteiger partial charge in [-0.2, -0.15) is 0 Å². The van der Waals surface area contributed by atoms with Crippen molar-refractivity contribution >= 4 is 40.2 Å². The summed E-state index contributed by atoms with van der Waals surface area (Å²) >= 11 is 9.07. The van der Waals surface area contributed by atoms with E-state index >= 15 is 0 Å². The zero-order valence-corrected chi connectivity index (χ0v) is 14.5. The molecule has 3 nitrogen and oxygen atoms in total. The molecule has 0 bridgehead atoms. The lowest BCUT2D eigenvalue weighted by molar-refractivity contribution is 0.0951. The molecule has 2 heterocycles. The van der Waals surface area contributed by atoms with Crippen molar-refractivity contribution in [3.8, 4) is 10.6 Å². The Bertz CT molecular complexity index is 859. The summed E-state index contributed by atoms with van der Waals surface area (Å²) in [5.74, 6) is -0.789. The molecule has 118 valence electrons. The molecule has 0 radical (unpaired) electrons. The van der Waals surface area contributed by atoms with Crippen LogP contribution in [0.1, 0.15) is 20.2 Å². The Labute approximate surface area is 145 Å². The van der Waals surface area contributed by atoms with Gasteiger partial charge in [0.05, 0.1) is 32.7 Å². The number of nitrogens with zero attached hydrogens (tertiary/aromatic N) is 1. The SMILES string of the molecule is Cc1nc(-c2ccc(CNC(=O)c3ccc(F)cc3Cl)s2)cs1. The number of thiazole rings is 1. The minimum Gasteiger partial charge on any atom is -0.347 e. The third-order valence-corrected chi connectivity index (χ3v) is 5.33. The van der Waals surface area contributed by atoms with E-state index in [1.54, 1.807) is 22.7 Å². The predicted octanol–water partition coefficient (Wildman–Crippen LogP) is 4.90. The molecular formula is C16H12ClFN2OS2. The molecule has 0 unspecified atom stereocenters. The van der Waals surface area contributed by atoms with Crippen LogP contribution in [-0.2, 0) is 6.54 Å².